The van der Waals surface area contributed by atoms with Gasteiger partial charge in [0.05, 0.1) is 32.5 Å². The van der Waals surface area contributed by atoms with Gasteiger partial charge in [0.25, 0.3) is 0 Å². The van der Waals surface area contributed by atoms with Crippen LogP contribution in [0.2, 0.25) is 0 Å². The number of methoxy groups -OCH3 is 2. The highest BCUT2D eigenvalue weighted by Crippen LogP contribution is 2.13. The summed E-state index contributed by atoms with van der Waals surface area (Å²) in [5, 5.41) is 0. The van der Waals surface area contributed by atoms with Gasteiger partial charge in [-0.15, -0.1) is 0 Å². The van der Waals surface area contributed by atoms with Crippen molar-refractivity contribution in [3.8, 4) is 5.75 Å². The van der Waals surface area contributed by atoms with Crippen molar-refractivity contribution in [1.29, 1.82) is 0 Å². The van der Waals surface area contributed by atoms with E-state index >= 15 is 0 Å². The van der Waals surface area contributed by atoms with Gasteiger partial charge in [-0.25, -0.2) is 4.79 Å². The Morgan fingerprint density at radius 1 is 1.00 bits per heavy atom. The number of hydrogen-bond donors (Lipinski definition) is 0. The molecule has 0 saturated heterocycles. The van der Waals surface area contributed by atoms with Crippen LogP contribution in [0.15, 0.2) is 24.3 Å². The zero-order valence-electron chi connectivity index (χ0n) is 11.4. The molecule has 0 aromatic heterocycles. The van der Waals surface area contributed by atoms with Gasteiger partial charge in [0, 0.05) is 20.1 Å². The molecule has 5 heteroatoms. The number of benzene rings is 1. The van der Waals surface area contributed by atoms with Crippen LogP contribution < -0.4 is 4.74 Å². The molecule has 0 fully saturated rings. The normalized spacial score (nSPS) is 10.2. The highest BCUT2D eigenvalue weighted by Gasteiger charge is 2.04. The van der Waals surface area contributed by atoms with E-state index in [1.807, 2.05) is 0 Å². The van der Waals surface area contributed by atoms with Crippen LogP contribution in [-0.4, -0.2) is 46.6 Å². The molecule has 0 amide bonds. The van der Waals surface area contributed by atoms with Gasteiger partial charge < -0.3 is 18.9 Å². The van der Waals surface area contributed by atoms with Crippen molar-refractivity contribution in [3.63, 3.8) is 0 Å². The summed E-state index contributed by atoms with van der Waals surface area (Å²) in [6, 6.07) is 6.85. The van der Waals surface area contributed by atoms with Crippen LogP contribution in [0.4, 0.5) is 0 Å². The van der Waals surface area contributed by atoms with E-state index in [9.17, 15) is 4.79 Å². The second-order valence-corrected chi connectivity index (χ2v) is 3.82. The summed E-state index contributed by atoms with van der Waals surface area (Å²) in [5.41, 5.74) is 0.512. The molecule has 0 heterocycles. The van der Waals surface area contributed by atoms with Crippen molar-refractivity contribution in [2.75, 3.05) is 40.6 Å². The van der Waals surface area contributed by atoms with Gasteiger partial charge in [-0.05, 0) is 24.3 Å². The van der Waals surface area contributed by atoms with E-state index in [4.69, 9.17) is 14.2 Å². The number of carbonyl (C=O) groups excluding carboxylic acids is 1. The van der Waals surface area contributed by atoms with Crippen LogP contribution in [-0.2, 0) is 14.2 Å². The summed E-state index contributed by atoms with van der Waals surface area (Å²) in [6.07, 6.45) is 0.808. The molecule has 0 aliphatic heterocycles. The smallest absolute Gasteiger partial charge is 0.337 e. The molecule has 0 N–H and O–H groups in total. The highest BCUT2D eigenvalue weighted by atomic mass is 16.5. The van der Waals surface area contributed by atoms with Gasteiger partial charge in [0.15, 0.2) is 0 Å². The summed E-state index contributed by atoms with van der Waals surface area (Å²) in [7, 11) is 3.00. The number of ether oxygens (including phenoxy) is 4. The Kier molecular flexibility index (Phi) is 7.62. The summed E-state index contributed by atoms with van der Waals surface area (Å²) >= 11 is 0. The van der Waals surface area contributed by atoms with Gasteiger partial charge >= 0.3 is 5.97 Å². The van der Waals surface area contributed by atoms with E-state index in [0.717, 1.165) is 12.2 Å². The Labute approximate surface area is 113 Å². The molecule has 1 aromatic rings. The summed E-state index contributed by atoms with van der Waals surface area (Å²) in [4.78, 5) is 11.2. The lowest BCUT2D eigenvalue weighted by molar-refractivity contribution is 0.0600. The second-order valence-electron chi connectivity index (χ2n) is 3.82. The molecule has 0 aliphatic carbocycles. The fraction of sp³-hybridized carbons (Fsp3) is 0.500. The van der Waals surface area contributed by atoms with E-state index in [-0.39, 0.29) is 5.97 Å². The van der Waals surface area contributed by atoms with Gasteiger partial charge in [-0.3, -0.25) is 0 Å². The number of rotatable bonds is 9. The Morgan fingerprint density at radius 2 is 1.74 bits per heavy atom. The number of hydrogen-bond acceptors (Lipinski definition) is 5. The van der Waals surface area contributed by atoms with Gasteiger partial charge in [-0.1, -0.05) is 0 Å². The molecule has 0 spiro atoms. The molecule has 0 aliphatic rings. The van der Waals surface area contributed by atoms with Crippen molar-refractivity contribution >= 4 is 5.97 Å². The fourth-order valence-corrected chi connectivity index (χ4v) is 1.40. The number of carbonyl (C=O) groups is 1. The van der Waals surface area contributed by atoms with Crippen molar-refractivity contribution in [2.45, 2.75) is 6.42 Å². The maximum atomic E-state index is 11.2. The third-order valence-electron chi connectivity index (χ3n) is 2.41. The average molecular weight is 268 g/mol. The standard InChI is InChI=1S/C14H20O5/c1-16-10-11-18-8-3-9-19-13-6-4-12(5-7-13)14(15)17-2/h4-7H,3,8-11H2,1-2H3. The van der Waals surface area contributed by atoms with Crippen molar-refractivity contribution < 1.29 is 23.7 Å². The minimum atomic E-state index is -0.349. The maximum Gasteiger partial charge on any atom is 0.337 e. The molecule has 0 unspecified atom stereocenters. The Bertz CT molecular complexity index is 361. The van der Waals surface area contributed by atoms with E-state index in [1.165, 1.54) is 7.11 Å². The lowest BCUT2D eigenvalue weighted by Gasteiger charge is -2.07. The van der Waals surface area contributed by atoms with Crippen LogP contribution in [0.1, 0.15) is 16.8 Å². The summed E-state index contributed by atoms with van der Waals surface area (Å²) in [5.74, 6) is 0.377. The fourth-order valence-electron chi connectivity index (χ4n) is 1.40. The van der Waals surface area contributed by atoms with Gasteiger partial charge in [0.2, 0.25) is 0 Å². The first-order valence-corrected chi connectivity index (χ1v) is 6.15. The first-order valence-electron chi connectivity index (χ1n) is 6.15. The monoisotopic (exact) mass is 268 g/mol. The van der Waals surface area contributed by atoms with Crippen LogP contribution >= 0.6 is 0 Å². The van der Waals surface area contributed by atoms with Crippen LogP contribution in [0, 0.1) is 0 Å². The first kappa shape index (κ1) is 15.5. The number of esters is 1. The van der Waals surface area contributed by atoms with E-state index < -0.39 is 0 Å². The van der Waals surface area contributed by atoms with Crippen molar-refractivity contribution in [3.05, 3.63) is 29.8 Å². The summed E-state index contributed by atoms with van der Waals surface area (Å²) in [6.45, 7) is 2.42. The van der Waals surface area contributed by atoms with E-state index in [2.05, 4.69) is 4.74 Å². The molecule has 5 nitrogen and oxygen atoms in total. The first-order chi connectivity index (χ1) is 9.27. The van der Waals surface area contributed by atoms with Crippen molar-refractivity contribution in [2.24, 2.45) is 0 Å². The molecule has 0 radical (unpaired) electrons. The topological polar surface area (TPSA) is 54.0 Å². The Hall–Kier alpha value is -1.59. The molecular formula is C14H20O5. The minimum Gasteiger partial charge on any atom is -0.494 e. The lowest BCUT2D eigenvalue weighted by Crippen LogP contribution is -2.07. The SMILES string of the molecule is COCCOCCCOc1ccc(C(=O)OC)cc1. The van der Waals surface area contributed by atoms with E-state index in [0.29, 0.717) is 32.0 Å². The predicted octanol–water partition coefficient (Wildman–Crippen LogP) is 1.91. The predicted molar refractivity (Wildman–Crippen MR) is 70.6 cm³/mol. The summed E-state index contributed by atoms with van der Waals surface area (Å²) < 4.78 is 20.3. The molecule has 0 atom stereocenters. The molecule has 0 saturated carbocycles. The average Bonchev–Trinajstić information content (AvgIpc) is 2.46. The quantitative estimate of drug-likeness (QED) is 0.506. The molecule has 1 aromatic carbocycles. The van der Waals surface area contributed by atoms with Crippen LogP contribution in [0.3, 0.4) is 0 Å². The Balaban J connectivity index is 2.18. The second kappa shape index (κ2) is 9.35. The Morgan fingerprint density at radius 3 is 2.37 bits per heavy atom. The van der Waals surface area contributed by atoms with Gasteiger partial charge in [0.1, 0.15) is 5.75 Å². The maximum absolute atomic E-state index is 11.2. The van der Waals surface area contributed by atoms with Crippen molar-refractivity contribution in [1.82, 2.24) is 0 Å². The largest absolute Gasteiger partial charge is 0.494 e. The van der Waals surface area contributed by atoms with Gasteiger partial charge in [-0.2, -0.15) is 0 Å². The third-order valence-corrected chi connectivity index (χ3v) is 2.41. The van der Waals surface area contributed by atoms with Crippen LogP contribution in [0.5, 0.6) is 5.75 Å². The lowest BCUT2D eigenvalue weighted by atomic mass is 10.2. The minimum absolute atomic E-state index is 0.349. The zero-order chi connectivity index (χ0) is 13.9. The van der Waals surface area contributed by atoms with E-state index in [1.54, 1.807) is 31.4 Å². The molecular weight excluding hydrogens is 248 g/mol. The molecule has 0 bridgehead atoms. The van der Waals surface area contributed by atoms with Crippen LogP contribution in [0.25, 0.3) is 0 Å². The third kappa shape index (κ3) is 6.22. The molecule has 1 rings (SSSR count). The molecule has 106 valence electrons. The highest BCUT2D eigenvalue weighted by molar-refractivity contribution is 5.89. The zero-order valence-corrected chi connectivity index (χ0v) is 11.4. The molecule has 19 heavy (non-hydrogen) atoms.